The van der Waals surface area contributed by atoms with E-state index >= 15 is 0 Å². The molecule has 0 bridgehead atoms. The molecule has 1 fully saturated rings. The first-order chi connectivity index (χ1) is 5.86. The van der Waals surface area contributed by atoms with Crippen LogP contribution in [0.3, 0.4) is 0 Å². The van der Waals surface area contributed by atoms with Gasteiger partial charge in [-0.2, -0.15) is 0 Å². The van der Waals surface area contributed by atoms with Crippen LogP contribution in [0, 0.1) is 0 Å². The van der Waals surface area contributed by atoms with E-state index < -0.39 is 0 Å². The molecular formula is C10H12BrN. The van der Waals surface area contributed by atoms with Gasteiger partial charge in [0.25, 0.3) is 0 Å². The van der Waals surface area contributed by atoms with Crippen LogP contribution in [0.25, 0.3) is 0 Å². The van der Waals surface area contributed by atoms with Gasteiger partial charge in [0.1, 0.15) is 4.60 Å². The molecule has 1 heterocycles. The van der Waals surface area contributed by atoms with Gasteiger partial charge in [0.05, 0.1) is 0 Å². The summed E-state index contributed by atoms with van der Waals surface area (Å²) in [5, 5.41) is 0. The van der Waals surface area contributed by atoms with Crippen molar-refractivity contribution in [3.8, 4) is 0 Å². The maximum absolute atomic E-state index is 4.47. The van der Waals surface area contributed by atoms with Gasteiger partial charge in [0.15, 0.2) is 0 Å². The average Bonchev–Trinajstić information content (AvgIpc) is 2.56. The van der Waals surface area contributed by atoms with Crippen molar-refractivity contribution in [2.45, 2.75) is 31.6 Å². The van der Waals surface area contributed by atoms with Gasteiger partial charge in [0.2, 0.25) is 0 Å². The summed E-state index contributed by atoms with van der Waals surface area (Å²) in [6.07, 6.45) is 5.39. The zero-order valence-corrected chi connectivity index (χ0v) is 8.55. The Morgan fingerprint density at radius 3 is 2.67 bits per heavy atom. The molecule has 0 aliphatic heterocycles. The van der Waals surface area contributed by atoms with Crippen molar-refractivity contribution < 1.29 is 0 Å². The van der Waals surface area contributed by atoms with E-state index in [0.717, 1.165) is 10.5 Å². The maximum atomic E-state index is 4.47. The standard InChI is InChI=1S/C10H12BrN/c11-10-7-3-6-9(12-10)8-4-1-2-5-8/h3,6-8H,1-2,4-5H2. The number of halogens is 1. The Morgan fingerprint density at radius 1 is 1.25 bits per heavy atom. The lowest BCUT2D eigenvalue weighted by Crippen LogP contribution is -1.95. The van der Waals surface area contributed by atoms with Gasteiger partial charge in [0, 0.05) is 11.6 Å². The number of aromatic nitrogens is 1. The van der Waals surface area contributed by atoms with Gasteiger partial charge in [-0.3, -0.25) is 0 Å². The largest absolute Gasteiger partial charge is 0.246 e. The second kappa shape index (κ2) is 3.56. The number of rotatable bonds is 1. The summed E-state index contributed by atoms with van der Waals surface area (Å²) < 4.78 is 0.965. The molecule has 1 aliphatic carbocycles. The molecule has 64 valence electrons. The van der Waals surface area contributed by atoms with Crippen LogP contribution >= 0.6 is 15.9 Å². The third-order valence-electron chi connectivity index (χ3n) is 2.51. The third-order valence-corrected chi connectivity index (χ3v) is 2.95. The summed E-state index contributed by atoms with van der Waals surface area (Å²) >= 11 is 3.40. The minimum atomic E-state index is 0.725. The summed E-state index contributed by atoms with van der Waals surface area (Å²) in [6.45, 7) is 0. The highest BCUT2D eigenvalue weighted by Crippen LogP contribution is 2.33. The maximum Gasteiger partial charge on any atom is 0.106 e. The summed E-state index contributed by atoms with van der Waals surface area (Å²) in [6, 6.07) is 6.20. The molecule has 2 heteroatoms. The van der Waals surface area contributed by atoms with E-state index in [-0.39, 0.29) is 0 Å². The lowest BCUT2D eigenvalue weighted by molar-refractivity contribution is 0.695. The first kappa shape index (κ1) is 8.24. The smallest absolute Gasteiger partial charge is 0.106 e. The lowest BCUT2D eigenvalue weighted by Gasteiger charge is -2.07. The van der Waals surface area contributed by atoms with Gasteiger partial charge in [-0.15, -0.1) is 0 Å². The average molecular weight is 226 g/mol. The van der Waals surface area contributed by atoms with Crippen LogP contribution < -0.4 is 0 Å². The van der Waals surface area contributed by atoms with Gasteiger partial charge < -0.3 is 0 Å². The molecule has 0 N–H and O–H groups in total. The van der Waals surface area contributed by atoms with Gasteiger partial charge in [-0.25, -0.2) is 4.98 Å². The van der Waals surface area contributed by atoms with Crippen LogP contribution in [-0.2, 0) is 0 Å². The van der Waals surface area contributed by atoms with E-state index in [1.807, 2.05) is 6.07 Å². The Balaban J connectivity index is 2.21. The van der Waals surface area contributed by atoms with Gasteiger partial charge >= 0.3 is 0 Å². The van der Waals surface area contributed by atoms with Crippen LogP contribution in [0.1, 0.15) is 37.3 Å². The van der Waals surface area contributed by atoms with Crippen LogP contribution in [0.2, 0.25) is 0 Å². The van der Waals surface area contributed by atoms with Crippen LogP contribution in [0.15, 0.2) is 22.8 Å². The van der Waals surface area contributed by atoms with Gasteiger partial charge in [-0.1, -0.05) is 18.9 Å². The van der Waals surface area contributed by atoms with Crippen molar-refractivity contribution >= 4 is 15.9 Å². The second-order valence-corrected chi connectivity index (χ2v) is 4.18. The Kier molecular flexibility index (Phi) is 2.45. The van der Waals surface area contributed by atoms with Crippen LogP contribution in [0.4, 0.5) is 0 Å². The number of pyridine rings is 1. The Morgan fingerprint density at radius 2 is 2.00 bits per heavy atom. The SMILES string of the molecule is Brc1cccc(C2CCCC2)n1. The predicted molar refractivity (Wildman–Crippen MR) is 53.1 cm³/mol. The van der Waals surface area contributed by atoms with E-state index in [4.69, 9.17) is 0 Å². The van der Waals surface area contributed by atoms with Crippen molar-refractivity contribution in [1.82, 2.24) is 4.98 Å². The second-order valence-electron chi connectivity index (χ2n) is 3.37. The van der Waals surface area contributed by atoms with Crippen molar-refractivity contribution in [2.24, 2.45) is 0 Å². The molecule has 1 aromatic rings. The van der Waals surface area contributed by atoms with Crippen molar-refractivity contribution in [3.05, 3.63) is 28.5 Å². The molecule has 0 atom stereocenters. The van der Waals surface area contributed by atoms with E-state index in [9.17, 15) is 0 Å². The highest BCUT2D eigenvalue weighted by atomic mass is 79.9. The minimum absolute atomic E-state index is 0.725. The quantitative estimate of drug-likeness (QED) is 0.668. The number of nitrogens with zero attached hydrogens (tertiary/aromatic N) is 1. The minimum Gasteiger partial charge on any atom is -0.246 e. The zero-order valence-electron chi connectivity index (χ0n) is 6.96. The number of hydrogen-bond acceptors (Lipinski definition) is 1. The van der Waals surface area contributed by atoms with Crippen LogP contribution in [0.5, 0.6) is 0 Å². The van der Waals surface area contributed by atoms with E-state index in [1.54, 1.807) is 0 Å². The van der Waals surface area contributed by atoms with Crippen molar-refractivity contribution in [1.29, 1.82) is 0 Å². The Labute approximate surface area is 81.3 Å². The molecule has 1 aromatic heterocycles. The Hall–Kier alpha value is -0.370. The lowest BCUT2D eigenvalue weighted by atomic mass is 10.0. The fourth-order valence-corrected chi connectivity index (χ4v) is 2.23. The molecule has 1 nitrogen and oxygen atoms in total. The molecule has 1 saturated carbocycles. The fourth-order valence-electron chi connectivity index (χ4n) is 1.87. The number of hydrogen-bond donors (Lipinski definition) is 0. The summed E-state index contributed by atoms with van der Waals surface area (Å²) in [7, 11) is 0. The molecule has 0 amide bonds. The Bertz CT molecular complexity index is 266. The van der Waals surface area contributed by atoms with E-state index in [0.29, 0.717) is 0 Å². The molecule has 0 unspecified atom stereocenters. The zero-order chi connectivity index (χ0) is 8.39. The molecule has 0 saturated heterocycles. The monoisotopic (exact) mass is 225 g/mol. The molecular weight excluding hydrogens is 214 g/mol. The van der Waals surface area contributed by atoms with E-state index in [1.165, 1.54) is 31.4 Å². The third kappa shape index (κ3) is 1.69. The summed E-state index contributed by atoms with van der Waals surface area (Å²) in [4.78, 5) is 4.47. The first-order valence-electron chi connectivity index (χ1n) is 4.49. The van der Waals surface area contributed by atoms with Crippen LogP contribution in [-0.4, -0.2) is 4.98 Å². The molecule has 0 radical (unpaired) electrons. The predicted octanol–water partition coefficient (Wildman–Crippen LogP) is 3.50. The highest BCUT2D eigenvalue weighted by molar-refractivity contribution is 9.10. The molecule has 0 aromatic carbocycles. The van der Waals surface area contributed by atoms with Crippen molar-refractivity contribution in [2.75, 3.05) is 0 Å². The normalized spacial score (nSPS) is 18.4. The first-order valence-corrected chi connectivity index (χ1v) is 5.28. The summed E-state index contributed by atoms with van der Waals surface area (Å²) in [5.74, 6) is 0.725. The van der Waals surface area contributed by atoms with E-state index in [2.05, 4.69) is 33.0 Å². The molecule has 12 heavy (non-hydrogen) atoms. The molecule has 0 spiro atoms. The summed E-state index contributed by atoms with van der Waals surface area (Å²) in [5.41, 5.74) is 1.27. The fraction of sp³-hybridized carbons (Fsp3) is 0.500. The van der Waals surface area contributed by atoms with Crippen molar-refractivity contribution in [3.63, 3.8) is 0 Å². The van der Waals surface area contributed by atoms with Gasteiger partial charge in [-0.05, 0) is 40.9 Å². The highest BCUT2D eigenvalue weighted by Gasteiger charge is 2.17. The topological polar surface area (TPSA) is 12.9 Å². The molecule has 1 aliphatic rings. The molecule has 2 rings (SSSR count).